The first-order valence-electron chi connectivity index (χ1n) is 6.83. The standard InChI is InChI=1S/C14H14FN5O2S/c1-23-13(16)11-3-2-9(6-12(11)15)20-8-10(22-14(20)21)7-19-5-4-17-18-19/h2-6,10,16H,7-8H2,1H3/t10-/m0/s1. The number of hydrogen-bond acceptors (Lipinski definition) is 6. The highest BCUT2D eigenvalue weighted by atomic mass is 32.2. The maximum Gasteiger partial charge on any atom is 0.414 e. The Balaban J connectivity index is 1.75. The Hall–Kier alpha value is -2.42. The zero-order chi connectivity index (χ0) is 16.4. The molecule has 1 aromatic heterocycles. The van der Waals surface area contributed by atoms with Crippen molar-refractivity contribution < 1.29 is 13.9 Å². The number of thioether (sulfide) groups is 1. The first-order valence-corrected chi connectivity index (χ1v) is 8.05. The molecule has 3 rings (SSSR count). The van der Waals surface area contributed by atoms with Gasteiger partial charge in [0.25, 0.3) is 0 Å². The molecule has 1 saturated heterocycles. The molecule has 1 atom stereocenters. The first-order chi connectivity index (χ1) is 11.1. The Morgan fingerprint density at radius 1 is 1.57 bits per heavy atom. The molecule has 1 aliphatic rings. The van der Waals surface area contributed by atoms with Gasteiger partial charge in [0.2, 0.25) is 0 Å². The van der Waals surface area contributed by atoms with E-state index in [4.69, 9.17) is 10.1 Å². The van der Waals surface area contributed by atoms with Crippen molar-refractivity contribution in [3.63, 3.8) is 0 Å². The highest BCUT2D eigenvalue weighted by Crippen LogP contribution is 2.25. The second-order valence-electron chi connectivity index (χ2n) is 4.94. The number of rotatable bonds is 4. The molecule has 1 N–H and O–H groups in total. The molecule has 0 unspecified atom stereocenters. The number of carbonyl (C=O) groups is 1. The van der Waals surface area contributed by atoms with Gasteiger partial charge in [0.15, 0.2) is 0 Å². The van der Waals surface area contributed by atoms with Crippen LogP contribution in [0.4, 0.5) is 14.9 Å². The van der Waals surface area contributed by atoms with Gasteiger partial charge >= 0.3 is 6.09 Å². The summed E-state index contributed by atoms with van der Waals surface area (Å²) < 4.78 is 21.0. The molecule has 1 aliphatic heterocycles. The summed E-state index contributed by atoms with van der Waals surface area (Å²) in [6.45, 7) is 0.692. The zero-order valence-corrected chi connectivity index (χ0v) is 13.1. The van der Waals surface area contributed by atoms with E-state index >= 15 is 0 Å². The van der Waals surface area contributed by atoms with Gasteiger partial charge in [0.05, 0.1) is 30.0 Å². The van der Waals surface area contributed by atoms with Gasteiger partial charge in [0, 0.05) is 11.8 Å². The SMILES string of the molecule is CSC(=N)c1ccc(N2C[C@H](Cn3ccnn3)OC2=O)cc1F. The number of ether oxygens (including phenoxy) is 1. The molecule has 7 nitrogen and oxygen atoms in total. The topological polar surface area (TPSA) is 84.1 Å². The minimum Gasteiger partial charge on any atom is -0.442 e. The van der Waals surface area contributed by atoms with E-state index in [-0.39, 0.29) is 16.7 Å². The number of amides is 1. The Morgan fingerprint density at radius 2 is 2.39 bits per heavy atom. The molecule has 2 heterocycles. The molecule has 9 heteroatoms. The highest BCUT2D eigenvalue weighted by Gasteiger charge is 2.33. The molecule has 0 bridgehead atoms. The van der Waals surface area contributed by atoms with E-state index in [1.807, 2.05) is 0 Å². The predicted octanol–water partition coefficient (Wildman–Crippen LogP) is 2.13. The summed E-state index contributed by atoms with van der Waals surface area (Å²) in [5.74, 6) is -0.533. The van der Waals surface area contributed by atoms with Crippen LogP contribution >= 0.6 is 11.8 Å². The van der Waals surface area contributed by atoms with Crippen LogP contribution in [0.25, 0.3) is 0 Å². The minimum absolute atomic E-state index is 0.141. The summed E-state index contributed by atoms with van der Waals surface area (Å²) in [5.41, 5.74) is 0.624. The van der Waals surface area contributed by atoms with Crippen LogP contribution < -0.4 is 4.90 Å². The van der Waals surface area contributed by atoms with E-state index in [2.05, 4.69) is 10.3 Å². The molecule has 0 saturated carbocycles. The number of halogens is 1. The number of cyclic esters (lactones) is 1. The lowest BCUT2D eigenvalue weighted by atomic mass is 10.2. The van der Waals surface area contributed by atoms with E-state index in [0.717, 1.165) is 11.8 Å². The fourth-order valence-electron chi connectivity index (χ4n) is 2.33. The van der Waals surface area contributed by atoms with Crippen LogP contribution in [0.1, 0.15) is 5.56 Å². The van der Waals surface area contributed by atoms with Gasteiger partial charge in [-0.1, -0.05) is 5.21 Å². The van der Waals surface area contributed by atoms with Gasteiger partial charge < -0.3 is 4.74 Å². The lowest BCUT2D eigenvalue weighted by Crippen LogP contribution is -2.26. The van der Waals surface area contributed by atoms with Crippen LogP contribution in [0, 0.1) is 11.2 Å². The van der Waals surface area contributed by atoms with Crippen molar-refractivity contribution in [1.29, 1.82) is 5.41 Å². The van der Waals surface area contributed by atoms with Gasteiger partial charge in [-0.15, -0.1) is 16.9 Å². The molecular weight excluding hydrogens is 321 g/mol. The Bertz CT molecular complexity index is 737. The van der Waals surface area contributed by atoms with Gasteiger partial charge in [0.1, 0.15) is 11.9 Å². The monoisotopic (exact) mass is 335 g/mol. The van der Waals surface area contributed by atoms with Gasteiger partial charge in [-0.3, -0.25) is 10.3 Å². The van der Waals surface area contributed by atoms with Gasteiger partial charge in [-0.05, 0) is 24.5 Å². The smallest absolute Gasteiger partial charge is 0.414 e. The fourth-order valence-corrected chi connectivity index (χ4v) is 2.72. The van der Waals surface area contributed by atoms with Crippen LogP contribution in [-0.4, -0.2) is 45.0 Å². The molecule has 0 radical (unpaired) electrons. The lowest BCUT2D eigenvalue weighted by Gasteiger charge is -2.14. The number of benzene rings is 1. The number of anilines is 1. The number of aromatic nitrogens is 3. The van der Waals surface area contributed by atoms with Gasteiger partial charge in [-0.25, -0.2) is 13.9 Å². The fraction of sp³-hybridized carbons (Fsp3) is 0.286. The molecule has 1 amide bonds. The molecule has 23 heavy (non-hydrogen) atoms. The largest absolute Gasteiger partial charge is 0.442 e. The third-order valence-corrected chi connectivity index (χ3v) is 4.08. The van der Waals surface area contributed by atoms with Crippen molar-refractivity contribution in [3.05, 3.63) is 42.0 Å². The summed E-state index contributed by atoms with van der Waals surface area (Å²) in [5, 5.41) is 15.3. The minimum atomic E-state index is -0.533. The van der Waals surface area contributed by atoms with Crippen molar-refractivity contribution in [2.75, 3.05) is 17.7 Å². The third-order valence-electron chi connectivity index (χ3n) is 3.45. The maximum absolute atomic E-state index is 14.1. The maximum atomic E-state index is 14.1. The average Bonchev–Trinajstić information content (AvgIpc) is 3.16. The predicted molar refractivity (Wildman–Crippen MR) is 84.4 cm³/mol. The van der Waals surface area contributed by atoms with E-state index < -0.39 is 11.9 Å². The van der Waals surface area contributed by atoms with E-state index in [0.29, 0.717) is 18.8 Å². The van der Waals surface area contributed by atoms with E-state index in [1.54, 1.807) is 29.4 Å². The molecule has 1 aromatic carbocycles. The van der Waals surface area contributed by atoms with Crippen molar-refractivity contribution in [2.24, 2.45) is 0 Å². The molecular formula is C14H14FN5O2S. The number of carbonyl (C=O) groups excluding carboxylic acids is 1. The van der Waals surface area contributed by atoms with Crippen LogP contribution in [0.3, 0.4) is 0 Å². The first kappa shape index (κ1) is 15.5. The second kappa shape index (κ2) is 6.37. The van der Waals surface area contributed by atoms with E-state index in [1.165, 1.54) is 17.0 Å². The third kappa shape index (κ3) is 3.19. The number of nitrogens with zero attached hydrogens (tertiary/aromatic N) is 4. The zero-order valence-electron chi connectivity index (χ0n) is 12.3. The Labute approximate surface area is 135 Å². The summed E-state index contributed by atoms with van der Waals surface area (Å²) in [6.07, 6.45) is 4.03. The lowest BCUT2D eigenvalue weighted by molar-refractivity contribution is 0.129. The molecule has 0 aliphatic carbocycles. The number of nitrogens with one attached hydrogen (secondary N) is 1. The molecule has 1 fully saturated rings. The van der Waals surface area contributed by atoms with Crippen molar-refractivity contribution >= 4 is 28.6 Å². The average molecular weight is 335 g/mol. The summed E-state index contributed by atoms with van der Waals surface area (Å²) in [6, 6.07) is 4.36. The van der Waals surface area contributed by atoms with Crippen molar-refractivity contribution in [2.45, 2.75) is 12.6 Å². The van der Waals surface area contributed by atoms with Gasteiger partial charge in [-0.2, -0.15) is 0 Å². The molecule has 0 spiro atoms. The summed E-state index contributed by atoms with van der Waals surface area (Å²) in [4.78, 5) is 13.4. The highest BCUT2D eigenvalue weighted by molar-refractivity contribution is 8.13. The van der Waals surface area contributed by atoms with Crippen molar-refractivity contribution in [3.8, 4) is 0 Å². The molecule has 120 valence electrons. The van der Waals surface area contributed by atoms with Crippen molar-refractivity contribution in [1.82, 2.24) is 15.0 Å². The Kier molecular flexibility index (Phi) is 4.28. The number of hydrogen-bond donors (Lipinski definition) is 1. The van der Waals surface area contributed by atoms with Crippen LogP contribution in [0.2, 0.25) is 0 Å². The normalized spacial score (nSPS) is 17.4. The quantitative estimate of drug-likeness (QED) is 0.683. The van der Waals surface area contributed by atoms with Crippen LogP contribution in [0.5, 0.6) is 0 Å². The Morgan fingerprint density at radius 3 is 3.04 bits per heavy atom. The van der Waals surface area contributed by atoms with Crippen LogP contribution in [-0.2, 0) is 11.3 Å². The second-order valence-corrected chi connectivity index (χ2v) is 5.76. The summed E-state index contributed by atoms with van der Waals surface area (Å²) >= 11 is 1.16. The molecule has 2 aromatic rings. The van der Waals surface area contributed by atoms with Crippen LogP contribution in [0.15, 0.2) is 30.6 Å². The van der Waals surface area contributed by atoms with E-state index in [9.17, 15) is 9.18 Å². The summed E-state index contributed by atoms with van der Waals surface area (Å²) in [7, 11) is 0.